The van der Waals surface area contributed by atoms with Gasteiger partial charge in [0.15, 0.2) is 11.5 Å². The Kier molecular flexibility index (Phi) is 2.83. The van der Waals surface area contributed by atoms with Gasteiger partial charge in [-0.3, -0.25) is 0 Å². The minimum Gasteiger partial charge on any atom is -0.382 e. The predicted molar refractivity (Wildman–Crippen MR) is 74.8 cm³/mol. The van der Waals surface area contributed by atoms with E-state index in [1.54, 1.807) is 35.1 Å². The summed E-state index contributed by atoms with van der Waals surface area (Å²) < 4.78 is 16.2. The Morgan fingerprint density at radius 1 is 1.37 bits per heavy atom. The van der Waals surface area contributed by atoms with Crippen molar-refractivity contribution < 1.29 is 4.39 Å². The fraction of sp³-hybridized carbons (Fsp3) is 0. The molecule has 0 amide bonds. The number of nitrogens with two attached hydrogens (primary N) is 1. The number of rotatable bonds is 2. The molecule has 0 fully saturated rings. The van der Waals surface area contributed by atoms with Gasteiger partial charge in [-0.2, -0.15) is 0 Å². The van der Waals surface area contributed by atoms with Crippen LogP contribution in [0.5, 0.6) is 0 Å². The summed E-state index contributed by atoms with van der Waals surface area (Å²) in [5, 5.41) is 2.90. The zero-order valence-corrected chi connectivity index (χ0v) is 11.2. The molecule has 0 saturated carbocycles. The lowest BCUT2D eigenvalue weighted by atomic mass is 10.3. The van der Waals surface area contributed by atoms with E-state index >= 15 is 0 Å². The highest BCUT2D eigenvalue weighted by molar-refractivity contribution is 9.10. The number of nitrogens with one attached hydrogen (secondary N) is 1. The van der Waals surface area contributed by atoms with Crippen LogP contribution in [0.25, 0.3) is 5.65 Å². The van der Waals surface area contributed by atoms with Crippen molar-refractivity contribution >= 4 is 38.9 Å². The quantitative estimate of drug-likeness (QED) is 0.761. The van der Waals surface area contributed by atoms with Gasteiger partial charge in [-0.15, -0.1) is 0 Å². The number of benzene rings is 1. The van der Waals surface area contributed by atoms with Crippen molar-refractivity contribution in [2.24, 2.45) is 0 Å². The second kappa shape index (κ2) is 4.51. The van der Waals surface area contributed by atoms with Crippen LogP contribution in [0.4, 0.5) is 21.7 Å². The maximum atomic E-state index is 13.8. The molecule has 2 aromatic heterocycles. The highest BCUT2D eigenvalue weighted by Crippen LogP contribution is 2.24. The minimum absolute atomic E-state index is 0.311. The van der Waals surface area contributed by atoms with Crippen LogP contribution in [0, 0.1) is 5.82 Å². The summed E-state index contributed by atoms with van der Waals surface area (Å²) in [5.74, 6) is 0.347. The SMILES string of the molecule is Nc1cn2ccnc2c(Nc2ccc(Br)cc2F)n1. The van der Waals surface area contributed by atoms with Gasteiger partial charge in [-0.25, -0.2) is 14.4 Å². The Labute approximate surface area is 116 Å². The molecule has 0 atom stereocenters. The molecule has 5 nitrogen and oxygen atoms in total. The summed E-state index contributed by atoms with van der Waals surface area (Å²) >= 11 is 3.21. The Balaban J connectivity index is 2.07. The first-order valence-electron chi connectivity index (χ1n) is 5.45. The van der Waals surface area contributed by atoms with Crippen LogP contribution in [0.1, 0.15) is 0 Å². The first-order valence-corrected chi connectivity index (χ1v) is 6.24. The van der Waals surface area contributed by atoms with Crippen LogP contribution in [0.15, 0.2) is 41.3 Å². The van der Waals surface area contributed by atoms with Crippen molar-refractivity contribution in [3.8, 4) is 0 Å². The molecular weight excluding hydrogens is 313 g/mol. The van der Waals surface area contributed by atoms with Crippen LogP contribution in [0.3, 0.4) is 0 Å². The molecule has 96 valence electrons. The molecule has 2 heterocycles. The Morgan fingerprint density at radius 3 is 3.00 bits per heavy atom. The maximum Gasteiger partial charge on any atom is 0.180 e. The Morgan fingerprint density at radius 2 is 2.21 bits per heavy atom. The van der Waals surface area contributed by atoms with Crippen molar-refractivity contribution in [3.05, 3.63) is 47.1 Å². The van der Waals surface area contributed by atoms with E-state index in [1.165, 1.54) is 6.07 Å². The van der Waals surface area contributed by atoms with E-state index in [0.717, 1.165) is 0 Å². The molecule has 0 aliphatic carbocycles. The molecule has 1 aromatic carbocycles. The third-order valence-electron chi connectivity index (χ3n) is 2.58. The summed E-state index contributed by atoms with van der Waals surface area (Å²) in [6.07, 6.45) is 5.02. The summed E-state index contributed by atoms with van der Waals surface area (Å²) in [5.41, 5.74) is 6.59. The van der Waals surface area contributed by atoms with Crippen LogP contribution >= 0.6 is 15.9 Å². The summed E-state index contributed by atoms with van der Waals surface area (Å²) in [4.78, 5) is 8.29. The van der Waals surface area contributed by atoms with Gasteiger partial charge in [-0.05, 0) is 18.2 Å². The van der Waals surface area contributed by atoms with Gasteiger partial charge in [0.05, 0.1) is 11.9 Å². The molecule has 3 N–H and O–H groups in total. The van der Waals surface area contributed by atoms with E-state index in [1.807, 2.05) is 0 Å². The normalized spacial score (nSPS) is 10.8. The number of imidazole rings is 1. The van der Waals surface area contributed by atoms with Crippen molar-refractivity contribution in [2.75, 3.05) is 11.1 Å². The molecular formula is C12H9BrFN5. The summed E-state index contributed by atoms with van der Waals surface area (Å²) in [7, 11) is 0. The molecule has 19 heavy (non-hydrogen) atoms. The lowest BCUT2D eigenvalue weighted by molar-refractivity contribution is 0.631. The van der Waals surface area contributed by atoms with Gasteiger partial charge in [0.1, 0.15) is 11.6 Å². The van der Waals surface area contributed by atoms with Gasteiger partial charge in [0.2, 0.25) is 0 Å². The van der Waals surface area contributed by atoms with Gasteiger partial charge in [0, 0.05) is 16.9 Å². The average Bonchev–Trinajstić information content (AvgIpc) is 2.80. The standard InChI is InChI=1S/C12H9BrFN5/c13-7-1-2-9(8(14)5-7)17-11-12-16-3-4-19(12)6-10(15)18-11/h1-6H,15H2,(H,17,18). The van der Waals surface area contributed by atoms with E-state index in [0.29, 0.717) is 27.4 Å². The topological polar surface area (TPSA) is 68.2 Å². The largest absolute Gasteiger partial charge is 0.382 e. The molecule has 3 aromatic rings. The zero-order valence-electron chi connectivity index (χ0n) is 9.64. The lowest BCUT2D eigenvalue weighted by Gasteiger charge is -2.09. The van der Waals surface area contributed by atoms with E-state index in [9.17, 15) is 4.39 Å². The predicted octanol–water partition coefficient (Wildman–Crippen LogP) is 2.96. The van der Waals surface area contributed by atoms with Crippen molar-refractivity contribution in [3.63, 3.8) is 0 Å². The van der Waals surface area contributed by atoms with E-state index < -0.39 is 0 Å². The maximum absolute atomic E-state index is 13.8. The van der Waals surface area contributed by atoms with E-state index in [4.69, 9.17) is 5.73 Å². The van der Waals surface area contributed by atoms with Crippen molar-refractivity contribution in [1.82, 2.24) is 14.4 Å². The number of nitrogens with zero attached hydrogens (tertiary/aromatic N) is 3. The van der Waals surface area contributed by atoms with E-state index in [-0.39, 0.29) is 5.82 Å². The molecule has 0 radical (unpaired) electrons. The number of hydrogen-bond acceptors (Lipinski definition) is 4. The van der Waals surface area contributed by atoms with Gasteiger partial charge in [-0.1, -0.05) is 15.9 Å². The molecule has 0 aliphatic rings. The Bertz CT molecular complexity index is 755. The molecule has 0 bridgehead atoms. The number of aromatic nitrogens is 3. The number of anilines is 3. The third kappa shape index (κ3) is 2.24. The molecule has 0 unspecified atom stereocenters. The summed E-state index contributed by atoms with van der Waals surface area (Å²) in [6, 6.07) is 4.72. The highest BCUT2D eigenvalue weighted by Gasteiger charge is 2.09. The number of fused-ring (bicyclic) bond motifs is 1. The fourth-order valence-electron chi connectivity index (χ4n) is 1.75. The molecule has 7 heteroatoms. The molecule has 0 saturated heterocycles. The lowest BCUT2D eigenvalue weighted by Crippen LogP contribution is -2.03. The summed E-state index contributed by atoms with van der Waals surface area (Å²) in [6.45, 7) is 0. The van der Waals surface area contributed by atoms with Gasteiger partial charge < -0.3 is 15.5 Å². The van der Waals surface area contributed by atoms with Crippen LogP contribution in [0.2, 0.25) is 0 Å². The van der Waals surface area contributed by atoms with Crippen LogP contribution in [-0.4, -0.2) is 14.4 Å². The van der Waals surface area contributed by atoms with E-state index in [2.05, 4.69) is 31.2 Å². The second-order valence-electron chi connectivity index (χ2n) is 3.92. The van der Waals surface area contributed by atoms with Crippen LogP contribution in [-0.2, 0) is 0 Å². The van der Waals surface area contributed by atoms with Gasteiger partial charge in [0.25, 0.3) is 0 Å². The molecule has 3 rings (SSSR count). The number of halogens is 2. The smallest absolute Gasteiger partial charge is 0.180 e. The van der Waals surface area contributed by atoms with Gasteiger partial charge >= 0.3 is 0 Å². The third-order valence-corrected chi connectivity index (χ3v) is 3.07. The highest BCUT2D eigenvalue weighted by atomic mass is 79.9. The van der Waals surface area contributed by atoms with Crippen LogP contribution < -0.4 is 11.1 Å². The molecule has 0 aliphatic heterocycles. The Hall–Kier alpha value is -2.15. The number of nitrogen functional groups attached to an aromatic ring is 1. The first kappa shape index (κ1) is 11.9. The monoisotopic (exact) mass is 321 g/mol. The number of hydrogen-bond donors (Lipinski definition) is 2. The zero-order chi connectivity index (χ0) is 13.4. The fourth-order valence-corrected chi connectivity index (χ4v) is 2.09. The average molecular weight is 322 g/mol. The second-order valence-corrected chi connectivity index (χ2v) is 4.84. The van der Waals surface area contributed by atoms with Crippen molar-refractivity contribution in [2.45, 2.75) is 0 Å². The minimum atomic E-state index is -0.386. The van der Waals surface area contributed by atoms with Crippen molar-refractivity contribution in [1.29, 1.82) is 0 Å². The first-order chi connectivity index (χ1) is 9.13. The molecule has 0 spiro atoms.